The molecule has 3 heteroatoms. The fourth-order valence-corrected chi connectivity index (χ4v) is 3.95. The fourth-order valence-electron chi connectivity index (χ4n) is 3.95. The molecule has 0 unspecified atom stereocenters. The van der Waals surface area contributed by atoms with Crippen molar-refractivity contribution < 1.29 is 4.74 Å². The molecule has 27 heavy (non-hydrogen) atoms. The molecule has 0 amide bonds. The van der Waals surface area contributed by atoms with E-state index < -0.39 is 0 Å². The molecule has 0 radical (unpaired) electrons. The molecule has 1 aromatic carbocycles. The zero-order valence-corrected chi connectivity index (χ0v) is 18.4. The average molecular weight is 373 g/mol. The number of rotatable bonds is 9. The van der Waals surface area contributed by atoms with Gasteiger partial charge in [-0.1, -0.05) is 46.2 Å². The minimum Gasteiger partial charge on any atom is -0.378 e. The SMILES string of the molecule is CC(C)CC[C@@]1(CCN=Cc2ccc(N(C)C)cc2)CCO[C@H](C(C)C)C1. The third-order valence-electron chi connectivity index (χ3n) is 6.02. The van der Waals surface area contributed by atoms with E-state index in [1.807, 2.05) is 6.21 Å². The summed E-state index contributed by atoms with van der Waals surface area (Å²) in [6.07, 6.45) is 8.63. The van der Waals surface area contributed by atoms with Gasteiger partial charge in [-0.05, 0) is 60.6 Å². The summed E-state index contributed by atoms with van der Waals surface area (Å²) in [6.45, 7) is 11.1. The first kappa shape index (κ1) is 21.9. The minimum atomic E-state index is 0.406. The highest BCUT2D eigenvalue weighted by atomic mass is 16.5. The molecule has 0 spiro atoms. The lowest BCUT2D eigenvalue weighted by Crippen LogP contribution is -2.38. The summed E-state index contributed by atoms with van der Waals surface area (Å²) >= 11 is 0. The number of benzene rings is 1. The number of aliphatic imine (C=N–C) groups is 1. The first-order valence-corrected chi connectivity index (χ1v) is 10.7. The topological polar surface area (TPSA) is 24.8 Å². The fraction of sp³-hybridized carbons (Fsp3) is 0.708. The molecule has 3 nitrogen and oxygen atoms in total. The second kappa shape index (κ2) is 10.3. The Hall–Kier alpha value is -1.35. The van der Waals surface area contributed by atoms with Gasteiger partial charge in [0.25, 0.3) is 0 Å². The van der Waals surface area contributed by atoms with Crippen molar-refractivity contribution in [2.45, 2.75) is 65.9 Å². The summed E-state index contributed by atoms with van der Waals surface area (Å²) in [5.74, 6) is 1.36. The molecule has 1 aliphatic rings. The Labute approximate surface area is 167 Å². The number of hydrogen-bond acceptors (Lipinski definition) is 3. The van der Waals surface area contributed by atoms with Gasteiger partial charge in [0.1, 0.15) is 0 Å². The van der Waals surface area contributed by atoms with Crippen LogP contribution in [0.15, 0.2) is 29.3 Å². The predicted octanol–water partition coefficient (Wildman–Crippen LogP) is 5.82. The van der Waals surface area contributed by atoms with Crippen LogP contribution in [0.1, 0.15) is 65.4 Å². The molecule has 0 bridgehead atoms. The smallest absolute Gasteiger partial charge is 0.0603 e. The lowest BCUT2D eigenvalue weighted by Gasteiger charge is -2.43. The number of hydrogen-bond donors (Lipinski definition) is 0. The van der Waals surface area contributed by atoms with E-state index in [4.69, 9.17) is 9.73 Å². The molecule has 1 aromatic rings. The van der Waals surface area contributed by atoms with Crippen molar-refractivity contribution in [3.8, 4) is 0 Å². The van der Waals surface area contributed by atoms with Gasteiger partial charge in [0, 0.05) is 39.1 Å². The summed E-state index contributed by atoms with van der Waals surface area (Å²) in [5.41, 5.74) is 2.81. The molecular formula is C24H40N2O. The third kappa shape index (κ3) is 6.95. The van der Waals surface area contributed by atoms with Gasteiger partial charge in [-0.2, -0.15) is 0 Å². The lowest BCUT2D eigenvalue weighted by atomic mass is 9.69. The summed E-state index contributed by atoms with van der Waals surface area (Å²) in [5, 5.41) is 0. The highest BCUT2D eigenvalue weighted by molar-refractivity contribution is 5.80. The van der Waals surface area contributed by atoms with Gasteiger partial charge in [-0.15, -0.1) is 0 Å². The maximum absolute atomic E-state index is 6.07. The van der Waals surface area contributed by atoms with E-state index >= 15 is 0 Å². The first-order valence-electron chi connectivity index (χ1n) is 10.7. The molecule has 0 N–H and O–H groups in total. The standard InChI is InChI=1S/C24H40N2O/c1-19(2)11-12-24(14-16-27-23(17-24)20(3)4)13-15-25-18-21-7-9-22(10-8-21)26(5)6/h7-10,18-20,23H,11-17H2,1-6H3/t23-,24+/m0/s1. The van der Waals surface area contributed by atoms with E-state index in [1.165, 1.54) is 43.4 Å². The van der Waals surface area contributed by atoms with Gasteiger partial charge in [-0.3, -0.25) is 4.99 Å². The number of anilines is 1. The van der Waals surface area contributed by atoms with Gasteiger partial charge in [0.05, 0.1) is 6.10 Å². The molecule has 1 aliphatic heterocycles. The van der Waals surface area contributed by atoms with Crippen LogP contribution in [0.4, 0.5) is 5.69 Å². The monoisotopic (exact) mass is 372 g/mol. The van der Waals surface area contributed by atoms with Crippen molar-refractivity contribution >= 4 is 11.9 Å². The van der Waals surface area contributed by atoms with Gasteiger partial charge in [-0.25, -0.2) is 0 Å². The number of ether oxygens (including phenoxy) is 1. The highest BCUT2D eigenvalue weighted by Gasteiger charge is 2.37. The zero-order chi connectivity index (χ0) is 19.9. The van der Waals surface area contributed by atoms with Gasteiger partial charge >= 0.3 is 0 Å². The molecule has 1 fully saturated rings. The quantitative estimate of drug-likeness (QED) is 0.510. The van der Waals surface area contributed by atoms with Crippen LogP contribution >= 0.6 is 0 Å². The lowest BCUT2D eigenvalue weighted by molar-refractivity contribution is -0.0755. The van der Waals surface area contributed by atoms with Crippen molar-refractivity contribution in [2.75, 3.05) is 32.1 Å². The number of nitrogens with zero attached hydrogens (tertiary/aromatic N) is 2. The molecule has 2 rings (SSSR count). The van der Waals surface area contributed by atoms with Gasteiger partial charge in [0.15, 0.2) is 0 Å². The first-order chi connectivity index (χ1) is 12.8. The van der Waals surface area contributed by atoms with Crippen LogP contribution in [0.25, 0.3) is 0 Å². The average Bonchev–Trinajstić information content (AvgIpc) is 2.64. The van der Waals surface area contributed by atoms with Crippen molar-refractivity contribution in [1.29, 1.82) is 0 Å². The Morgan fingerprint density at radius 3 is 2.44 bits per heavy atom. The van der Waals surface area contributed by atoms with Crippen LogP contribution in [-0.4, -0.2) is 39.6 Å². The van der Waals surface area contributed by atoms with Crippen molar-refractivity contribution in [3.63, 3.8) is 0 Å². The summed E-state index contributed by atoms with van der Waals surface area (Å²) in [7, 11) is 4.13. The molecule has 0 saturated carbocycles. The van der Waals surface area contributed by atoms with Crippen LogP contribution in [0.5, 0.6) is 0 Å². The largest absolute Gasteiger partial charge is 0.378 e. The van der Waals surface area contributed by atoms with E-state index in [2.05, 4.69) is 71.0 Å². The molecular weight excluding hydrogens is 332 g/mol. The molecule has 1 heterocycles. The zero-order valence-electron chi connectivity index (χ0n) is 18.4. The Morgan fingerprint density at radius 2 is 1.85 bits per heavy atom. The van der Waals surface area contributed by atoms with Crippen molar-refractivity contribution in [3.05, 3.63) is 29.8 Å². The maximum Gasteiger partial charge on any atom is 0.0603 e. The Bertz CT molecular complexity index is 577. The normalized spacial score (nSPS) is 23.5. The van der Waals surface area contributed by atoms with Crippen molar-refractivity contribution in [1.82, 2.24) is 0 Å². The van der Waals surface area contributed by atoms with Crippen LogP contribution in [0, 0.1) is 17.3 Å². The Balaban J connectivity index is 1.96. The Kier molecular flexibility index (Phi) is 8.34. The molecule has 2 atom stereocenters. The summed E-state index contributed by atoms with van der Waals surface area (Å²) in [4.78, 5) is 6.89. The molecule has 0 aromatic heterocycles. The van der Waals surface area contributed by atoms with Crippen LogP contribution in [0.2, 0.25) is 0 Å². The van der Waals surface area contributed by atoms with E-state index in [0.717, 1.165) is 19.1 Å². The van der Waals surface area contributed by atoms with E-state index in [-0.39, 0.29) is 0 Å². The highest BCUT2D eigenvalue weighted by Crippen LogP contribution is 2.43. The maximum atomic E-state index is 6.07. The molecule has 0 aliphatic carbocycles. The van der Waals surface area contributed by atoms with Crippen LogP contribution in [0.3, 0.4) is 0 Å². The minimum absolute atomic E-state index is 0.406. The molecule has 152 valence electrons. The van der Waals surface area contributed by atoms with Crippen LogP contribution < -0.4 is 4.90 Å². The third-order valence-corrected chi connectivity index (χ3v) is 6.02. The van der Waals surface area contributed by atoms with E-state index in [0.29, 0.717) is 17.4 Å². The van der Waals surface area contributed by atoms with E-state index in [1.54, 1.807) is 0 Å². The van der Waals surface area contributed by atoms with Gasteiger partial charge < -0.3 is 9.64 Å². The second-order valence-corrected chi connectivity index (χ2v) is 9.31. The summed E-state index contributed by atoms with van der Waals surface area (Å²) in [6, 6.07) is 8.60. The van der Waals surface area contributed by atoms with Crippen LogP contribution in [-0.2, 0) is 4.74 Å². The predicted molar refractivity (Wildman–Crippen MR) is 118 cm³/mol. The summed E-state index contributed by atoms with van der Waals surface area (Å²) < 4.78 is 6.07. The Morgan fingerprint density at radius 1 is 1.15 bits per heavy atom. The van der Waals surface area contributed by atoms with Crippen molar-refractivity contribution in [2.24, 2.45) is 22.2 Å². The van der Waals surface area contributed by atoms with E-state index in [9.17, 15) is 0 Å². The second-order valence-electron chi connectivity index (χ2n) is 9.31. The van der Waals surface area contributed by atoms with Gasteiger partial charge in [0.2, 0.25) is 0 Å². The molecule has 1 saturated heterocycles.